The minimum atomic E-state index is -1.49. The normalized spacial score (nSPS) is 26.2. The van der Waals surface area contributed by atoms with Gasteiger partial charge in [0.05, 0.1) is 6.61 Å². The third kappa shape index (κ3) is 6.13. The van der Waals surface area contributed by atoms with Crippen molar-refractivity contribution in [2.24, 2.45) is 0 Å². The van der Waals surface area contributed by atoms with Crippen LogP contribution >= 0.6 is 0 Å². The summed E-state index contributed by atoms with van der Waals surface area (Å²) in [5.41, 5.74) is 0. The first-order valence-corrected chi connectivity index (χ1v) is 7.20. The minimum Gasteiger partial charge on any atom is -0.453 e. The van der Waals surface area contributed by atoms with E-state index in [0.29, 0.717) is 0 Å². The van der Waals surface area contributed by atoms with Gasteiger partial charge in [-0.2, -0.15) is 0 Å². The SMILES string of the molecule is COCC(=O)O[C@@H]([C@@H]1OC(C)OC[C@H]1O)[C@H](C=O)OC(=O)COC. The van der Waals surface area contributed by atoms with Gasteiger partial charge in [-0.15, -0.1) is 0 Å². The smallest absolute Gasteiger partial charge is 0.332 e. The van der Waals surface area contributed by atoms with Crippen LogP contribution in [0.3, 0.4) is 0 Å². The van der Waals surface area contributed by atoms with Gasteiger partial charge in [0, 0.05) is 14.2 Å². The summed E-state index contributed by atoms with van der Waals surface area (Å²) in [6.07, 6.45) is -5.59. The number of aliphatic hydroxyl groups excluding tert-OH is 1. The van der Waals surface area contributed by atoms with Crippen LogP contribution in [0.2, 0.25) is 0 Å². The molecule has 0 radical (unpaired) electrons. The average Bonchev–Trinajstić information content (AvgIpc) is 2.53. The Hall–Kier alpha value is -1.59. The second-order valence-corrected chi connectivity index (χ2v) is 4.98. The molecule has 5 atom stereocenters. The van der Waals surface area contributed by atoms with Gasteiger partial charge in [-0.05, 0) is 6.92 Å². The van der Waals surface area contributed by atoms with Crippen molar-refractivity contribution in [1.82, 2.24) is 0 Å². The van der Waals surface area contributed by atoms with Crippen molar-refractivity contribution < 1.29 is 47.9 Å². The molecule has 0 aromatic carbocycles. The van der Waals surface area contributed by atoms with Crippen LogP contribution in [0.4, 0.5) is 0 Å². The summed E-state index contributed by atoms with van der Waals surface area (Å²) in [6, 6.07) is 0. The number of methoxy groups -OCH3 is 2. The maximum Gasteiger partial charge on any atom is 0.332 e. The summed E-state index contributed by atoms with van der Waals surface area (Å²) in [4.78, 5) is 34.6. The molecule has 0 spiro atoms. The Morgan fingerprint density at radius 1 is 1.21 bits per heavy atom. The molecular weight excluding hydrogens is 328 g/mol. The van der Waals surface area contributed by atoms with Crippen molar-refractivity contribution in [3.05, 3.63) is 0 Å². The van der Waals surface area contributed by atoms with Crippen molar-refractivity contribution in [1.29, 1.82) is 0 Å². The van der Waals surface area contributed by atoms with Crippen molar-refractivity contribution in [3.63, 3.8) is 0 Å². The van der Waals surface area contributed by atoms with Gasteiger partial charge in [0.1, 0.15) is 25.4 Å². The number of hydrogen-bond acceptors (Lipinski definition) is 10. The fourth-order valence-electron chi connectivity index (χ4n) is 2.08. The summed E-state index contributed by atoms with van der Waals surface area (Å²) in [6.45, 7) is 0.696. The van der Waals surface area contributed by atoms with Crippen LogP contribution in [-0.2, 0) is 42.8 Å². The third-order valence-corrected chi connectivity index (χ3v) is 3.07. The van der Waals surface area contributed by atoms with Crippen LogP contribution in [0.5, 0.6) is 0 Å². The summed E-state index contributed by atoms with van der Waals surface area (Å²) in [5.74, 6) is -1.65. The Bertz CT molecular complexity index is 426. The van der Waals surface area contributed by atoms with Gasteiger partial charge in [0.25, 0.3) is 0 Å². The van der Waals surface area contributed by atoms with E-state index < -0.39 is 49.3 Å². The van der Waals surface area contributed by atoms with Crippen LogP contribution in [0.15, 0.2) is 0 Å². The van der Waals surface area contributed by atoms with Crippen molar-refractivity contribution >= 4 is 18.2 Å². The maximum absolute atomic E-state index is 11.7. The Morgan fingerprint density at radius 2 is 1.79 bits per heavy atom. The minimum absolute atomic E-state index is 0.0955. The van der Waals surface area contributed by atoms with Crippen LogP contribution < -0.4 is 0 Å². The van der Waals surface area contributed by atoms with E-state index in [1.807, 2.05) is 0 Å². The van der Waals surface area contributed by atoms with Crippen molar-refractivity contribution in [2.45, 2.75) is 37.6 Å². The predicted molar refractivity (Wildman–Crippen MR) is 75.9 cm³/mol. The molecule has 0 aliphatic carbocycles. The highest BCUT2D eigenvalue weighted by Gasteiger charge is 2.43. The molecule has 1 rings (SSSR count). The Balaban J connectivity index is 2.94. The van der Waals surface area contributed by atoms with Crippen molar-refractivity contribution in [3.8, 4) is 0 Å². The van der Waals surface area contributed by atoms with E-state index in [1.54, 1.807) is 6.92 Å². The molecule has 1 aliphatic rings. The van der Waals surface area contributed by atoms with E-state index >= 15 is 0 Å². The largest absolute Gasteiger partial charge is 0.453 e. The predicted octanol–water partition coefficient (Wildman–Crippen LogP) is -1.58. The molecule has 1 saturated heterocycles. The van der Waals surface area contributed by atoms with Crippen molar-refractivity contribution in [2.75, 3.05) is 34.0 Å². The summed E-state index contributed by atoms with van der Waals surface area (Å²) >= 11 is 0. The van der Waals surface area contributed by atoms with Gasteiger partial charge in [0.2, 0.25) is 0 Å². The zero-order chi connectivity index (χ0) is 18.1. The van der Waals surface area contributed by atoms with Gasteiger partial charge in [-0.25, -0.2) is 9.59 Å². The zero-order valence-corrected chi connectivity index (χ0v) is 13.7. The molecule has 0 aromatic heterocycles. The molecule has 1 fully saturated rings. The van der Waals surface area contributed by atoms with E-state index in [0.717, 1.165) is 0 Å². The molecule has 10 heteroatoms. The number of carbonyl (C=O) groups excluding carboxylic acids is 3. The van der Waals surface area contributed by atoms with Gasteiger partial charge in [-0.1, -0.05) is 0 Å². The number of aliphatic hydroxyl groups is 1. The summed E-state index contributed by atoms with van der Waals surface area (Å²) in [5, 5.41) is 10.0. The first-order chi connectivity index (χ1) is 11.4. The lowest BCUT2D eigenvalue weighted by atomic mass is 10.0. The van der Waals surface area contributed by atoms with Crippen LogP contribution in [0.1, 0.15) is 6.92 Å². The Kier molecular flexibility index (Phi) is 8.79. The first kappa shape index (κ1) is 20.5. The maximum atomic E-state index is 11.7. The fourth-order valence-corrected chi connectivity index (χ4v) is 2.08. The number of rotatable bonds is 9. The molecule has 1 aliphatic heterocycles. The molecule has 10 nitrogen and oxygen atoms in total. The number of hydrogen-bond donors (Lipinski definition) is 1. The molecule has 0 amide bonds. The average molecular weight is 350 g/mol. The molecule has 0 bridgehead atoms. The zero-order valence-electron chi connectivity index (χ0n) is 13.7. The van der Waals surface area contributed by atoms with Gasteiger partial charge in [-0.3, -0.25) is 4.79 Å². The fraction of sp³-hybridized carbons (Fsp3) is 0.786. The lowest BCUT2D eigenvalue weighted by molar-refractivity contribution is -0.274. The first-order valence-electron chi connectivity index (χ1n) is 7.20. The monoisotopic (exact) mass is 350 g/mol. The number of ether oxygens (including phenoxy) is 6. The standard InChI is InChI=1S/C14H22O10/c1-8-21-5-9(16)13(22-8)14(24-12(18)7-20-3)10(4-15)23-11(17)6-19-2/h4,8-10,13-14,16H,5-7H2,1-3H3/t8?,9-,10+,13-,14-/m1/s1. The number of carbonyl (C=O) groups is 3. The lowest BCUT2D eigenvalue weighted by Crippen LogP contribution is -2.56. The van der Waals surface area contributed by atoms with E-state index in [-0.39, 0.29) is 19.5 Å². The highest BCUT2D eigenvalue weighted by atomic mass is 16.7. The van der Waals surface area contributed by atoms with E-state index in [1.165, 1.54) is 14.2 Å². The van der Waals surface area contributed by atoms with E-state index in [9.17, 15) is 19.5 Å². The van der Waals surface area contributed by atoms with Crippen LogP contribution in [0.25, 0.3) is 0 Å². The quantitative estimate of drug-likeness (QED) is 0.384. The summed E-state index contributed by atoms with van der Waals surface area (Å²) in [7, 11) is 2.56. The molecule has 0 saturated carbocycles. The molecule has 1 unspecified atom stereocenters. The van der Waals surface area contributed by atoms with E-state index in [2.05, 4.69) is 9.47 Å². The van der Waals surface area contributed by atoms with Gasteiger partial charge < -0.3 is 33.5 Å². The lowest BCUT2D eigenvalue weighted by Gasteiger charge is -2.38. The Morgan fingerprint density at radius 3 is 2.33 bits per heavy atom. The number of aldehydes is 1. The molecule has 1 N–H and O–H groups in total. The van der Waals surface area contributed by atoms with Gasteiger partial charge in [0.15, 0.2) is 24.8 Å². The second kappa shape index (κ2) is 10.3. The molecule has 1 heterocycles. The summed E-state index contributed by atoms with van der Waals surface area (Å²) < 4.78 is 29.8. The second-order valence-electron chi connectivity index (χ2n) is 4.98. The Labute approximate surface area is 138 Å². The highest BCUT2D eigenvalue weighted by Crippen LogP contribution is 2.21. The van der Waals surface area contributed by atoms with Crippen LogP contribution in [0, 0.1) is 0 Å². The van der Waals surface area contributed by atoms with Gasteiger partial charge >= 0.3 is 11.9 Å². The molecule has 24 heavy (non-hydrogen) atoms. The van der Waals surface area contributed by atoms with Crippen LogP contribution in [-0.4, -0.2) is 88.1 Å². The number of esters is 2. The molecule has 0 aromatic rings. The van der Waals surface area contributed by atoms with E-state index in [4.69, 9.17) is 18.9 Å². The molecular formula is C14H22O10. The molecule has 138 valence electrons. The third-order valence-electron chi connectivity index (χ3n) is 3.07. The topological polar surface area (TPSA) is 127 Å². The highest BCUT2D eigenvalue weighted by molar-refractivity contribution is 5.75.